The minimum atomic E-state index is -1.20. The number of hydrogen-bond acceptors (Lipinski definition) is 6. The first-order chi connectivity index (χ1) is 17.2. The van der Waals surface area contributed by atoms with E-state index in [-0.39, 0.29) is 52.0 Å². The van der Waals surface area contributed by atoms with Crippen LogP contribution in [-0.2, 0) is 4.79 Å². The van der Waals surface area contributed by atoms with Gasteiger partial charge in [0.2, 0.25) is 0 Å². The molecule has 0 spiro atoms. The lowest BCUT2D eigenvalue weighted by molar-refractivity contribution is -0.384. The third-order valence-corrected chi connectivity index (χ3v) is 7.28. The molecule has 2 aliphatic rings. The van der Waals surface area contributed by atoms with Gasteiger partial charge in [0.15, 0.2) is 6.17 Å². The molecule has 3 N–H and O–H groups in total. The topological polar surface area (TPSA) is 139 Å². The number of hydrogen-bond donors (Lipinski definition) is 2. The maximum absolute atomic E-state index is 13.5. The molecule has 1 saturated heterocycles. The van der Waals surface area contributed by atoms with Gasteiger partial charge in [0.25, 0.3) is 23.4 Å². The Kier molecular flexibility index (Phi) is 7.77. The Labute approximate surface area is 217 Å². The van der Waals surface area contributed by atoms with E-state index in [2.05, 4.69) is 5.32 Å². The van der Waals surface area contributed by atoms with Gasteiger partial charge >= 0.3 is 0 Å². The second kappa shape index (κ2) is 10.8. The van der Waals surface area contributed by atoms with E-state index in [0.717, 1.165) is 12.8 Å². The van der Waals surface area contributed by atoms with Crippen molar-refractivity contribution in [3.8, 4) is 0 Å². The molecular formula is C24H25Cl2N5O5. The van der Waals surface area contributed by atoms with E-state index in [1.165, 1.54) is 52.3 Å². The number of nitrogens with two attached hydrogens (primary N) is 1. The first-order valence-corrected chi connectivity index (χ1v) is 12.3. The zero-order valence-corrected chi connectivity index (χ0v) is 20.7. The molecule has 12 heteroatoms. The van der Waals surface area contributed by atoms with Crippen LogP contribution in [0.5, 0.6) is 0 Å². The maximum atomic E-state index is 13.5. The highest BCUT2D eigenvalue weighted by Gasteiger charge is 2.44. The summed E-state index contributed by atoms with van der Waals surface area (Å²) in [5.74, 6) is -1.46. The summed E-state index contributed by atoms with van der Waals surface area (Å²) in [6, 6.07) is 9.52. The standard InChI is InChI=1S/C24H25Cl2N5O5/c25-19-10-3-15(13-20(19)26)24(34)30-12-11-29(23(33)14-1-8-18(9-2-14)31(35)36)22(30)21(32)28-17-6-4-16(27)5-7-17/h1-3,8-10,13,16-17,22H,4-7,11-12,27H2,(H,28,32). The fourth-order valence-corrected chi connectivity index (χ4v) is 4.86. The normalized spacial score (nSPS) is 21.8. The molecule has 1 heterocycles. The van der Waals surface area contributed by atoms with E-state index in [4.69, 9.17) is 28.9 Å². The number of benzene rings is 2. The van der Waals surface area contributed by atoms with Crippen molar-refractivity contribution in [1.82, 2.24) is 15.1 Å². The Balaban J connectivity index is 1.61. The van der Waals surface area contributed by atoms with Gasteiger partial charge in [-0.05, 0) is 56.0 Å². The van der Waals surface area contributed by atoms with Crippen molar-refractivity contribution in [2.24, 2.45) is 5.73 Å². The fourth-order valence-electron chi connectivity index (χ4n) is 4.56. The monoisotopic (exact) mass is 533 g/mol. The number of amides is 3. The summed E-state index contributed by atoms with van der Waals surface area (Å²) in [4.78, 5) is 53.3. The van der Waals surface area contributed by atoms with Crippen LogP contribution in [0.15, 0.2) is 42.5 Å². The van der Waals surface area contributed by atoms with Gasteiger partial charge in [-0.15, -0.1) is 0 Å². The van der Waals surface area contributed by atoms with Crippen LogP contribution in [0.2, 0.25) is 10.0 Å². The molecule has 0 bridgehead atoms. The second-order valence-electron chi connectivity index (χ2n) is 8.92. The summed E-state index contributed by atoms with van der Waals surface area (Å²) in [5.41, 5.74) is 6.22. The van der Waals surface area contributed by atoms with Gasteiger partial charge in [0, 0.05) is 48.4 Å². The number of non-ortho nitro benzene ring substituents is 1. The Morgan fingerprint density at radius 3 is 2.00 bits per heavy atom. The van der Waals surface area contributed by atoms with E-state index in [1.54, 1.807) is 0 Å². The molecule has 3 amide bonds. The number of nitro benzene ring substituents is 1. The van der Waals surface area contributed by atoms with Crippen LogP contribution >= 0.6 is 23.2 Å². The lowest BCUT2D eigenvalue weighted by atomic mass is 9.92. The van der Waals surface area contributed by atoms with Gasteiger partial charge in [-0.1, -0.05) is 23.2 Å². The smallest absolute Gasteiger partial charge is 0.269 e. The quantitative estimate of drug-likeness (QED) is 0.446. The Bertz CT molecular complexity index is 1180. The SMILES string of the molecule is NC1CCC(NC(=O)C2N(C(=O)c3ccc([N+](=O)[O-])cc3)CCN2C(=O)c2ccc(Cl)c(Cl)c2)CC1. The Hall–Kier alpha value is -3.21. The van der Waals surface area contributed by atoms with E-state index in [1.807, 2.05) is 0 Å². The van der Waals surface area contributed by atoms with Crippen LogP contribution in [-0.4, -0.2) is 63.8 Å². The van der Waals surface area contributed by atoms with Crippen LogP contribution in [0.3, 0.4) is 0 Å². The molecule has 2 aromatic carbocycles. The molecule has 2 fully saturated rings. The van der Waals surface area contributed by atoms with Gasteiger partial charge < -0.3 is 20.9 Å². The minimum absolute atomic E-state index is 0.0950. The van der Waals surface area contributed by atoms with Gasteiger partial charge in [-0.3, -0.25) is 24.5 Å². The first-order valence-electron chi connectivity index (χ1n) is 11.5. The highest BCUT2D eigenvalue weighted by molar-refractivity contribution is 6.42. The van der Waals surface area contributed by atoms with Crippen LogP contribution in [0.4, 0.5) is 5.69 Å². The van der Waals surface area contributed by atoms with E-state index < -0.39 is 28.8 Å². The average Bonchev–Trinajstić information content (AvgIpc) is 3.31. The Morgan fingerprint density at radius 1 is 0.889 bits per heavy atom. The number of carbonyl (C=O) groups is 3. The van der Waals surface area contributed by atoms with Crippen LogP contribution in [0, 0.1) is 10.1 Å². The van der Waals surface area contributed by atoms with Gasteiger partial charge in [-0.2, -0.15) is 0 Å². The molecule has 1 aliphatic carbocycles. The molecule has 10 nitrogen and oxygen atoms in total. The van der Waals surface area contributed by atoms with E-state index >= 15 is 0 Å². The number of nitro groups is 1. The summed E-state index contributed by atoms with van der Waals surface area (Å²) in [6.45, 7) is 0.224. The molecule has 2 aromatic rings. The summed E-state index contributed by atoms with van der Waals surface area (Å²) in [7, 11) is 0. The van der Waals surface area contributed by atoms with Gasteiger partial charge in [-0.25, -0.2) is 0 Å². The highest BCUT2D eigenvalue weighted by atomic mass is 35.5. The molecule has 1 unspecified atom stereocenters. The number of halogens is 2. The van der Waals surface area contributed by atoms with Crippen molar-refractivity contribution >= 4 is 46.6 Å². The first kappa shape index (κ1) is 25.9. The fraction of sp³-hybridized carbons (Fsp3) is 0.375. The zero-order chi connectivity index (χ0) is 26.0. The number of rotatable bonds is 5. The Morgan fingerprint density at radius 2 is 1.44 bits per heavy atom. The number of nitrogens with zero attached hydrogens (tertiary/aromatic N) is 3. The van der Waals surface area contributed by atoms with Crippen molar-refractivity contribution in [2.45, 2.75) is 43.9 Å². The van der Waals surface area contributed by atoms with Crippen molar-refractivity contribution in [3.05, 3.63) is 73.8 Å². The van der Waals surface area contributed by atoms with Crippen molar-refractivity contribution in [3.63, 3.8) is 0 Å². The average molecular weight is 534 g/mol. The molecule has 36 heavy (non-hydrogen) atoms. The van der Waals surface area contributed by atoms with Gasteiger partial charge in [0.05, 0.1) is 15.0 Å². The second-order valence-corrected chi connectivity index (χ2v) is 9.74. The van der Waals surface area contributed by atoms with Crippen LogP contribution in [0.25, 0.3) is 0 Å². The van der Waals surface area contributed by atoms with Crippen molar-refractivity contribution in [2.75, 3.05) is 13.1 Å². The minimum Gasteiger partial charge on any atom is -0.350 e. The predicted octanol–water partition coefficient (Wildman–Crippen LogP) is 3.21. The lowest BCUT2D eigenvalue weighted by Crippen LogP contribution is -2.56. The van der Waals surface area contributed by atoms with Crippen molar-refractivity contribution < 1.29 is 19.3 Å². The van der Waals surface area contributed by atoms with Crippen molar-refractivity contribution in [1.29, 1.82) is 0 Å². The third kappa shape index (κ3) is 5.45. The number of nitrogens with one attached hydrogen (secondary N) is 1. The molecule has 0 radical (unpaired) electrons. The molecule has 1 atom stereocenters. The molecular weight excluding hydrogens is 509 g/mol. The van der Waals surface area contributed by atoms with Crippen LogP contribution in [0.1, 0.15) is 46.4 Å². The van der Waals surface area contributed by atoms with Crippen LogP contribution < -0.4 is 11.1 Å². The largest absolute Gasteiger partial charge is 0.350 e. The van der Waals surface area contributed by atoms with Gasteiger partial charge in [0.1, 0.15) is 0 Å². The molecule has 1 aliphatic heterocycles. The molecule has 1 saturated carbocycles. The number of carbonyl (C=O) groups excluding carboxylic acids is 3. The summed E-state index contributed by atoms with van der Waals surface area (Å²) in [6.07, 6.45) is 1.75. The summed E-state index contributed by atoms with van der Waals surface area (Å²) < 4.78 is 0. The summed E-state index contributed by atoms with van der Waals surface area (Å²) in [5, 5.41) is 14.4. The zero-order valence-electron chi connectivity index (χ0n) is 19.2. The summed E-state index contributed by atoms with van der Waals surface area (Å²) >= 11 is 12.1. The highest BCUT2D eigenvalue weighted by Crippen LogP contribution is 2.27. The molecule has 0 aromatic heterocycles. The van der Waals surface area contributed by atoms with E-state index in [0.29, 0.717) is 12.8 Å². The lowest BCUT2D eigenvalue weighted by Gasteiger charge is -2.32. The third-order valence-electron chi connectivity index (χ3n) is 6.54. The molecule has 4 rings (SSSR count). The predicted molar refractivity (Wildman–Crippen MR) is 134 cm³/mol. The molecule has 190 valence electrons. The maximum Gasteiger partial charge on any atom is 0.269 e. The van der Waals surface area contributed by atoms with E-state index in [9.17, 15) is 24.5 Å².